The molecule has 0 radical (unpaired) electrons. The van der Waals surface area contributed by atoms with E-state index in [1.807, 2.05) is 29.6 Å². The summed E-state index contributed by atoms with van der Waals surface area (Å²) in [7, 11) is 0. The van der Waals surface area contributed by atoms with Crippen LogP contribution in [-0.2, 0) is 6.54 Å². The van der Waals surface area contributed by atoms with Crippen molar-refractivity contribution in [3.05, 3.63) is 47.4 Å². The Morgan fingerprint density at radius 2 is 2.30 bits per heavy atom. The van der Waals surface area contributed by atoms with Crippen molar-refractivity contribution in [2.45, 2.75) is 26.4 Å². The molecule has 5 heteroatoms. The molecule has 0 bridgehead atoms. The van der Waals surface area contributed by atoms with Crippen LogP contribution < -0.4 is 5.32 Å². The summed E-state index contributed by atoms with van der Waals surface area (Å²) in [5.74, 6) is 0.682. The predicted octanol–water partition coefficient (Wildman–Crippen LogP) is 3.81. The second-order valence-corrected chi connectivity index (χ2v) is 5.83. The molecular weight excluding hydrogens is 272 g/mol. The maximum Gasteiger partial charge on any atom is 0.268 e. The molecule has 0 aliphatic heterocycles. The van der Waals surface area contributed by atoms with E-state index in [-0.39, 0.29) is 11.9 Å². The fourth-order valence-corrected chi connectivity index (χ4v) is 3.33. The van der Waals surface area contributed by atoms with Crippen LogP contribution in [0.15, 0.2) is 40.3 Å². The standard InChI is InChI=1S/C15H16N2O2S/c1-10(2)17-13(8-11-5-7-20-15(11)17)14(18)16-9-12-4-3-6-19-12/h3-8,10H,9H2,1-2H3,(H,16,18). The topological polar surface area (TPSA) is 47.2 Å². The van der Waals surface area contributed by atoms with Gasteiger partial charge in [0.1, 0.15) is 16.3 Å². The largest absolute Gasteiger partial charge is 0.467 e. The maximum absolute atomic E-state index is 12.4. The summed E-state index contributed by atoms with van der Waals surface area (Å²) in [6.45, 7) is 4.58. The summed E-state index contributed by atoms with van der Waals surface area (Å²) in [4.78, 5) is 13.5. The average Bonchev–Trinajstić information content (AvgIpc) is 3.10. The first kappa shape index (κ1) is 13.0. The van der Waals surface area contributed by atoms with Gasteiger partial charge in [-0.1, -0.05) is 0 Å². The molecule has 4 nitrogen and oxygen atoms in total. The van der Waals surface area contributed by atoms with Crippen LogP contribution in [0.1, 0.15) is 36.1 Å². The minimum Gasteiger partial charge on any atom is -0.467 e. The Hall–Kier alpha value is -2.01. The van der Waals surface area contributed by atoms with Gasteiger partial charge >= 0.3 is 0 Å². The Bertz CT molecular complexity index is 722. The van der Waals surface area contributed by atoms with E-state index in [0.29, 0.717) is 12.2 Å². The van der Waals surface area contributed by atoms with Gasteiger partial charge < -0.3 is 14.3 Å². The van der Waals surface area contributed by atoms with Gasteiger partial charge in [-0.15, -0.1) is 11.3 Å². The Kier molecular flexibility index (Phi) is 3.36. The number of amides is 1. The predicted molar refractivity (Wildman–Crippen MR) is 80.1 cm³/mol. The normalized spacial score (nSPS) is 11.3. The third kappa shape index (κ3) is 2.25. The number of hydrogen-bond acceptors (Lipinski definition) is 3. The van der Waals surface area contributed by atoms with Crippen molar-refractivity contribution in [1.29, 1.82) is 0 Å². The molecule has 104 valence electrons. The van der Waals surface area contributed by atoms with Crippen molar-refractivity contribution < 1.29 is 9.21 Å². The molecule has 0 unspecified atom stereocenters. The fraction of sp³-hybridized carbons (Fsp3) is 0.267. The van der Waals surface area contributed by atoms with Gasteiger partial charge in [-0.3, -0.25) is 4.79 Å². The van der Waals surface area contributed by atoms with Crippen molar-refractivity contribution >= 4 is 27.5 Å². The van der Waals surface area contributed by atoms with Crippen LogP contribution in [0.4, 0.5) is 0 Å². The lowest BCUT2D eigenvalue weighted by Gasteiger charge is -2.13. The smallest absolute Gasteiger partial charge is 0.268 e. The number of fused-ring (bicyclic) bond motifs is 1. The third-order valence-electron chi connectivity index (χ3n) is 3.20. The van der Waals surface area contributed by atoms with Crippen LogP contribution in [0, 0.1) is 0 Å². The molecule has 1 N–H and O–H groups in total. The highest BCUT2D eigenvalue weighted by atomic mass is 32.1. The Morgan fingerprint density at radius 3 is 3.00 bits per heavy atom. The number of aromatic nitrogens is 1. The van der Waals surface area contributed by atoms with Crippen molar-refractivity contribution in [3.8, 4) is 0 Å². The molecule has 0 fully saturated rings. The highest BCUT2D eigenvalue weighted by Crippen LogP contribution is 2.28. The minimum atomic E-state index is -0.0708. The SMILES string of the molecule is CC(C)n1c(C(=O)NCc2ccco2)cc2ccsc21. The fourth-order valence-electron chi connectivity index (χ4n) is 2.30. The van der Waals surface area contributed by atoms with Crippen LogP contribution in [0.3, 0.4) is 0 Å². The van der Waals surface area contributed by atoms with E-state index in [1.165, 1.54) is 0 Å². The van der Waals surface area contributed by atoms with Crippen LogP contribution in [0.5, 0.6) is 0 Å². The number of furan rings is 1. The number of rotatable bonds is 4. The lowest BCUT2D eigenvalue weighted by Crippen LogP contribution is -2.25. The minimum absolute atomic E-state index is 0.0708. The average molecular weight is 288 g/mol. The van der Waals surface area contributed by atoms with Crippen molar-refractivity contribution in [2.24, 2.45) is 0 Å². The Morgan fingerprint density at radius 1 is 1.45 bits per heavy atom. The lowest BCUT2D eigenvalue weighted by molar-refractivity contribution is 0.0938. The van der Waals surface area contributed by atoms with E-state index < -0.39 is 0 Å². The van der Waals surface area contributed by atoms with Crippen molar-refractivity contribution in [1.82, 2.24) is 9.88 Å². The molecule has 0 aromatic carbocycles. The van der Waals surface area contributed by atoms with Gasteiger partial charge in [0.15, 0.2) is 0 Å². The van der Waals surface area contributed by atoms with E-state index >= 15 is 0 Å². The molecule has 3 aromatic heterocycles. The van der Waals surface area contributed by atoms with Crippen LogP contribution in [0.2, 0.25) is 0 Å². The Balaban J connectivity index is 1.87. The number of thiophene rings is 1. The summed E-state index contributed by atoms with van der Waals surface area (Å²) >= 11 is 1.66. The highest BCUT2D eigenvalue weighted by molar-refractivity contribution is 7.16. The van der Waals surface area contributed by atoms with Gasteiger partial charge in [0.25, 0.3) is 5.91 Å². The van der Waals surface area contributed by atoms with Gasteiger partial charge in [-0.05, 0) is 43.5 Å². The zero-order valence-electron chi connectivity index (χ0n) is 11.4. The van der Waals surface area contributed by atoms with Gasteiger partial charge in [0.05, 0.1) is 12.8 Å². The van der Waals surface area contributed by atoms with Crippen molar-refractivity contribution in [2.75, 3.05) is 0 Å². The molecule has 0 atom stereocenters. The summed E-state index contributed by atoms with van der Waals surface area (Å²) in [5, 5.41) is 6.07. The molecule has 3 rings (SSSR count). The Labute approximate surface area is 121 Å². The summed E-state index contributed by atoms with van der Waals surface area (Å²) < 4.78 is 7.30. The molecule has 3 heterocycles. The number of nitrogens with zero attached hydrogens (tertiary/aromatic N) is 1. The number of hydrogen-bond donors (Lipinski definition) is 1. The van der Waals surface area contributed by atoms with Gasteiger partial charge in [-0.2, -0.15) is 0 Å². The summed E-state index contributed by atoms with van der Waals surface area (Å²) in [6.07, 6.45) is 1.61. The van der Waals surface area contributed by atoms with Crippen LogP contribution >= 0.6 is 11.3 Å². The zero-order chi connectivity index (χ0) is 14.1. The second kappa shape index (κ2) is 5.17. The maximum atomic E-state index is 12.4. The molecular formula is C15H16N2O2S. The van der Waals surface area contributed by atoms with Gasteiger partial charge in [0.2, 0.25) is 0 Å². The first-order valence-electron chi connectivity index (χ1n) is 6.56. The highest BCUT2D eigenvalue weighted by Gasteiger charge is 2.18. The molecule has 0 spiro atoms. The van der Waals surface area contributed by atoms with E-state index in [1.54, 1.807) is 17.6 Å². The molecule has 1 amide bonds. The quantitative estimate of drug-likeness (QED) is 0.793. The number of carbonyl (C=O) groups is 1. The van der Waals surface area contributed by atoms with E-state index in [4.69, 9.17) is 4.42 Å². The third-order valence-corrected chi connectivity index (χ3v) is 4.12. The lowest BCUT2D eigenvalue weighted by atomic mass is 10.3. The monoisotopic (exact) mass is 288 g/mol. The molecule has 20 heavy (non-hydrogen) atoms. The van der Waals surface area contributed by atoms with Gasteiger partial charge in [-0.25, -0.2) is 0 Å². The van der Waals surface area contributed by atoms with Crippen LogP contribution in [-0.4, -0.2) is 10.5 Å². The molecule has 3 aromatic rings. The summed E-state index contributed by atoms with van der Waals surface area (Å²) in [5.41, 5.74) is 0.702. The first-order chi connectivity index (χ1) is 9.66. The van der Waals surface area contributed by atoms with Crippen LogP contribution in [0.25, 0.3) is 10.2 Å². The van der Waals surface area contributed by atoms with Gasteiger partial charge in [0, 0.05) is 11.4 Å². The van der Waals surface area contributed by atoms with Crippen molar-refractivity contribution in [3.63, 3.8) is 0 Å². The summed E-state index contributed by atoms with van der Waals surface area (Å²) in [6, 6.07) is 7.90. The molecule has 0 aliphatic carbocycles. The molecule has 0 saturated carbocycles. The van der Waals surface area contributed by atoms with E-state index in [9.17, 15) is 4.79 Å². The number of carbonyl (C=O) groups excluding carboxylic acids is 1. The van der Waals surface area contributed by atoms with E-state index in [2.05, 4.69) is 23.7 Å². The number of nitrogens with one attached hydrogen (secondary N) is 1. The van der Waals surface area contributed by atoms with E-state index in [0.717, 1.165) is 16.0 Å². The first-order valence-corrected chi connectivity index (χ1v) is 7.44. The zero-order valence-corrected chi connectivity index (χ0v) is 12.2. The molecule has 0 aliphatic rings. The molecule has 0 saturated heterocycles. The second-order valence-electron chi connectivity index (χ2n) is 4.94.